The highest BCUT2D eigenvalue weighted by Gasteiger charge is 2.33. The zero-order valence-electron chi connectivity index (χ0n) is 14.6. The fraction of sp³-hybridized carbons (Fsp3) is 0.316. The highest BCUT2D eigenvalue weighted by Crippen LogP contribution is 2.27. The summed E-state index contributed by atoms with van der Waals surface area (Å²) >= 11 is 0. The summed E-state index contributed by atoms with van der Waals surface area (Å²) < 4.78 is 0. The molecule has 26 heavy (non-hydrogen) atoms. The van der Waals surface area contributed by atoms with E-state index in [-0.39, 0.29) is 17.9 Å². The molecule has 3 aromatic rings. The van der Waals surface area contributed by atoms with Crippen LogP contribution in [0, 0.1) is 0 Å². The summed E-state index contributed by atoms with van der Waals surface area (Å²) in [5.41, 5.74) is 2.94. The number of fused-ring (bicyclic) bond motifs is 1. The maximum atomic E-state index is 13.1. The lowest BCUT2D eigenvalue weighted by Gasteiger charge is -2.41. The van der Waals surface area contributed by atoms with E-state index in [1.165, 1.54) is 0 Å². The molecule has 2 aromatic heterocycles. The van der Waals surface area contributed by atoms with Gasteiger partial charge in [0.05, 0.1) is 18.7 Å². The van der Waals surface area contributed by atoms with Crippen molar-refractivity contribution in [3.8, 4) is 0 Å². The fourth-order valence-corrected chi connectivity index (χ4v) is 3.64. The van der Waals surface area contributed by atoms with E-state index in [1.54, 1.807) is 24.2 Å². The van der Waals surface area contributed by atoms with Gasteiger partial charge in [-0.15, -0.1) is 0 Å². The molecule has 0 bridgehead atoms. The second-order valence-electron chi connectivity index (χ2n) is 6.64. The number of para-hydroxylation sites is 1. The molecule has 3 heterocycles. The number of benzene rings is 1. The van der Waals surface area contributed by atoms with E-state index < -0.39 is 0 Å². The maximum Gasteiger partial charge on any atom is 0.227 e. The summed E-state index contributed by atoms with van der Waals surface area (Å²) in [6, 6.07) is 7.80. The van der Waals surface area contributed by atoms with E-state index in [0.29, 0.717) is 26.1 Å². The summed E-state index contributed by atoms with van der Waals surface area (Å²) in [5, 5.41) is 7.88. The minimum atomic E-state index is -0.177. The molecule has 1 aromatic carbocycles. The molecule has 0 radical (unpaired) electrons. The molecular weight excluding hydrogens is 330 g/mol. The predicted octanol–water partition coefficient (Wildman–Crippen LogP) is 1.87. The van der Waals surface area contributed by atoms with Crippen molar-refractivity contribution < 1.29 is 9.59 Å². The number of nitrogens with zero attached hydrogens (tertiary/aromatic N) is 3. The molecule has 4 rings (SSSR count). The smallest absolute Gasteiger partial charge is 0.227 e. The van der Waals surface area contributed by atoms with Gasteiger partial charge in [0.1, 0.15) is 0 Å². The largest absolute Gasteiger partial charge is 0.361 e. The van der Waals surface area contributed by atoms with E-state index in [9.17, 15) is 9.59 Å². The lowest BCUT2D eigenvalue weighted by atomic mass is 10.0. The number of aromatic amines is 2. The first-order chi connectivity index (χ1) is 12.6. The van der Waals surface area contributed by atoms with Gasteiger partial charge in [-0.05, 0) is 11.6 Å². The van der Waals surface area contributed by atoms with Gasteiger partial charge in [0.15, 0.2) is 0 Å². The first kappa shape index (κ1) is 16.4. The summed E-state index contributed by atoms with van der Waals surface area (Å²) in [7, 11) is 0. The number of amides is 2. The lowest BCUT2D eigenvalue weighted by Crippen LogP contribution is -2.52. The van der Waals surface area contributed by atoms with Crippen molar-refractivity contribution in [3.63, 3.8) is 0 Å². The molecule has 1 unspecified atom stereocenters. The van der Waals surface area contributed by atoms with E-state index in [1.807, 2.05) is 35.4 Å². The number of hydrogen-bond acceptors (Lipinski definition) is 3. The first-order valence-electron chi connectivity index (χ1n) is 8.72. The highest BCUT2D eigenvalue weighted by molar-refractivity contribution is 5.89. The Morgan fingerprint density at radius 2 is 2.08 bits per heavy atom. The number of rotatable bonds is 3. The number of carbonyl (C=O) groups is 2. The Balaban J connectivity index is 1.58. The van der Waals surface area contributed by atoms with Gasteiger partial charge in [0, 0.05) is 55.4 Å². The quantitative estimate of drug-likeness (QED) is 0.755. The molecule has 2 amide bonds. The lowest BCUT2D eigenvalue weighted by molar-refractivity contribution is -0.141. The van der Waals surface area contributed by atoms with Gasteiger partial charge in [0.25, 0.3) is 0 Å². The average molecular weight is 351 g/mol. The molecule has 7 nitrogen and oxygen atoms in total. The topological polar surface area (TPSA) is 85.1 Å². The van der Waals surface area contributed by atoms with Crippen LogP contribution in [0.1, 0.15) is 24.1 Å². The number of H-pyrrole nitrogens is 2. The number of aromatic nitrogens is 3. The van der Waals surface area contributed by atoms with Crippen molar-refractivity contribution in [1.29, 1.82) is 0 Å². The van der Waals surface area contributed by atoms with Crippen molar-refractivity contribution in [2.75, 3.05) is 19.6 Å². The van der Waals surface area contributed by atoms with Crippen molar-refractivity contribution in [2.24, 2.45) is 0 Å². The minimum Gasteiger partial charge on any atom is -0.361 e. The molecule has 0 saturated carbocycles. The van der Waals surface area contributed by atoms with E-state index in [4.69, 9.17) is 0 Å². The van der Waals surface area contributed by atoms with Crippen LogP contribution >= 0.6 is 0 Å². The third kappa shape index (κ3) is 2.96. The molecular formula is C19H21N5O2. The molecule has 0 aliphatic carbocycles. The molecule has 1 aliphatic rings. The molecule has 1 saturated heterocycles. The van der Waals surface area contributed by atoms with Crippen molar-refractivity contribution >= 4 is 22.7 Å². The average Bonchev–Trinajstić information content (AvgIpc) is 3.31. The van der Waals surface area contributed by atoms with Crippen LogP contribution in [-0.4, -0.2) is 56.4 Å². The van der Waals surface area contributed by atoms with E-state index in [0.717, 1.165) is 22.0 Å². The second kappa shape index (κ2) is 6.67. The van der Waals surface area contributed by atoms with Crippen molar-refractivity contribution in [1.82, 2.24) is 25.0 Å². The molecule has 1 aliphatic heterocycles. The monoisotopic (exact) mass is 351 g/mol. The summed E-state index contributed by atoms with van der Waals surface area (Å²) in [6.07, 6.45) is 5.75. The second-order valence-corrected chi connectivity index (χ2v) is 6.64. The molecule has 134 valence electrons. The Morgan fingerprint density at radius 1 is 1.23 bits per heavy atom. The van der Waals surface area contributed by atoms with Gasteiger partial charge in [-0.25, -0.2) is 0 Å². The Hall–Kier alpha value is -3.09. The van der Waals surface area contributed by atoms with Crippen LogP contribution in [0.25, 0.3) is 10.9 Å². The molecule has 1 fully saturated rings. The predicted molar refractivity (Wildman–Crippen MR) is 97.3 cm³/mol. The first-order valence-corrected chi connectivity index (χ1v) is 8.72. The Morgan fingerprint density at radius 3 is 2.85 bits per heavy atom. The van der Waals surface area contributed by atoms with Crippen LogP contribution in [0.5, 0.6) is 0 Å². The van der Waals surface area contributed by atoms with Crippen LogP contribution in [0.15, 0.2) is 42.9 Å². The van der Waals surface area contributed by atoms with Crippen molar-refractivity contribution in [2.45, 2.75) is 19.4 Å². The van der Waals surface area contributed by atoms with Crippen LogP contribution in [-0.2, 0) is 16.0 Å². The van der Waals surface area contributed by atoms with Gasteiger partial charge in [0.2, 0.25) is 11.8 Å². The number of carbonyl (C=O) groups excluding carboxylic acids is 2. The van der Waals surface area contributed by atoms with Gasteiger partial charge in [-0.3, -0.25) is 14.7 Å². The molecule has 2 N–H and O–H groups in total. The van der Waals surface area contributed by atoms with Crippen LogP contribution in [0.3, 0.4) is 0 Å². The van der Waals surface area contributed by atoms with Crippen LogP contribution in [0.2, 0.25) is 0 Å². The van der Waals surface area contributed by atoms with Gasteiger partial charge in [-0.1, -0.05) is 18.2 Å². The maximum absolute atomic E-state index is 13.1. The van der Waals surface area contributed by atoms with E-state index in [2.05, 4.69) is 15.2 Å². The summed E-state index contributed by atoms with van der Waals surface area (Å²) in [6.45, 7) is 3.14. The van der Waals surface area contributed by atoms with E-state index >= 15 is 0 Å². The summed E-state index contributed by atoms with van der Waals surface area (Å²) in [5.74, 6) is 0.0892. The Bertz CT molecular complexity index is 930. The van der Waals surface area contributed by atoms with Crippen LogP contribution in [0.4, 0.5) is 0 Å². The number of piperazine rings is 1. The standard InChI is InChI=1S/C19H21N5O2/c1-13(25)23-6-7-24(18(12-23)15-10-21-22-11-15)19(26)8-14-9-20-17-5-3-2-4-16(14)17/h2-5,9-11,18,20H,6-8,12H2,1H3,(H,21,22). The fourth-order valence-electron chi connectivity index (χ4n) is 3.64. The number of nitrogens with one attached hydrogen (secondary N) is 2. The molecule has 7 heteroatoms. The minimum absolute atomic E-state index is 0.0298. The number of hydrogen-bond donors (Lipinski definition) is 2. The molecule has 1 atom stereocenters. The Kier molecular flexibility index (Phi) is 4.20. The van der Waals surface area contributed by atoms with Gasteiger partial charge in [-0.2, -0.15) is 5.10 Å². The van der Waals surface area contributed by atoms with Gasteiger partial charge < -0.3 is 14.8 Å². The summed E-state index contributed by atoms with van der Waals surface area (Å²) in [4.78, 5) is 31.7. The third-order valence-electron chi connectivity index (χ3n) is 5.07. The Labute approximate surface area is 151 Å². The van der Waals surface area contributed by atoms with Crippen LogP contribution < -0.4 is 0 Å². The zero-order valence-corrected chi connectivity index (χ0v) is 14.6. The third-order valence-corrected chi connectivity index (χ3v) is 5.07. The molecule has 0 spiro atoms. The SMILES string of the molecule is CC(=O)N1CCN(C(=O)Cc2c[nH]c3ccccc23)C(c2cn[nH]c2)C1. The zero-order chi connectivity index (χ0) is 18.1. The normalized spacial score (nSPS) is 17.7. The highest BCUT2D eigenvalue weighted by atomic mass is 16.2. The van der Waals surface area contributed by atoms with Crippen molar-refractivity contribution in [3.05, 3.63) is 54.0 Å². The van der Waals surface area contributed by atoms with Gasteiger partial charge >= 0.3 is 0 Å².